The standard InChI is InChI=1S/C17H12F2N2O2/c18-13-8-7-12(14(19)15(13)22)17-20-16(21-23-17)11-6-5-9-3-1-2-4-10(9)11/h1-4,7-8,11,22H,5-6H2. The summed E-state index contributed by atoms with van der Waals surface area (Å²) in [6.07, 6.45) is 1.78. The first-order valence-corrected chi connectivity index (χ1v) is 7.24. The van der Waals surface area contributed by atoms with Crippen LogP contribution in [0.3, 0.4) is 0 Å². The smallest absolute Gasteiger partial charge is 0.261 e. The molecule has 1 heterocycles. The molecule has 0 fully saturated rings. The van der Waals surface area contributed by atoms with Crippen LogP contribution in [0.25, 0.3) is 11.5 Å². The summed E-state index contributed by atoms with van der Waals surface area (Å²) in [5.74, 6) is -2.79. The molecule has 1 aliphatic rings. The highest BCUT2D eigenvalue weighted by Crippen LogP contribution is 2.38. The Labute approximate surface area is 130 Å². The van der Waals surface area contributed by atoms with Crippen LogP contribution in [-0.2, 0) is 6.42 Å². The Morgan fingerprint density at radius 3 is 2.83 bits per heavy atom. The number of hydrogen-bond donors (Lipinski definition) is 1. The summed E-state index contributed by atoms with van der Waals surface area (Å²) in [5.41, 5.74) is 2.27. The van der Waals surface area contributed by atoms with Crippen molar-refractivity contribution in [3.63, 3.8) is 0 Å². The van der Waals surface area contributed by atoms with Gasteiger partial charge in [-0.05, 0) is 36.1 Å². The second kappa shape index (κ2) is 5.15. The van der Waals surface area contributed by atoms with Crippen molar-refractivity contribution in [1.29, 1.82) is 0 Å². The Hall–Kier alpha value is -2.76. The van der Waals surface area contributed by atoms with E-state index in [0.29, 0.717) is 5.82 Å². The molecule has 116 valence electrons. The summed E-state index contributed by atoms with van der Waals surface area (Å²) in [5, 5.41) is 13.3. The van der Waals surface area contributed by atoms with E-state index >= 15 is 0 Å². The van der Waals surface area contributed by atoms with Gasteiger partial charge in [0.15, 0.2) is 23.2 Å². The van der Waals surface area contributed by atoms with Gasteiger partial charge >= 0.3 is 0 Å². The molecule has 4 nitrogen and oxygen atoms in total. The Bertz CT molecular complexity index is 892. The lowest BCUT2D eigenvalue weighted by Gasteiger charge is -2.05. The van der Waals surface area contributed by atoms with Gasteiger partial charge in [0.25, 0.3) is 5.89 Å². The molecule has 1 N–H and O–H groups in total. The van der Waals surface area contributed by atoms with Gasteiger partial charge in [-0.15, -0.1) is 0 Å². The minimum atomic E-state index is -1.10. The van der Waals surface area contributed by atoms with Crippen LogP contribution in [0.2, 0.25) is 0 Å². The first-order valence-electron chi connectivity index (χ1n) is 7.24. The normalized spacial score (nSPS) is 16.5. The molecule has 1 aliphatic carbocycles. The predicted octanol–water partition coefficient (Wildman–Crippen LogP) is 3.80. The summed E-state index contributed by atoms with van der Waals surface area (Å²) in [6.45, 7) is 0. The van der Waals surface area contributed by atoms with Crippen molar-refractivity contribution in [2.45, 2.75) is 18.8 Å². The second-order valence-corrected chi connectivity index (χ2v) is 5.51. The molecule has 0 saturated heterocycles. The van der Waals surface area contributed by atoms with Crippen molar-refractivity contribution in [2.75, 3.05) is 0 Å². The molecule has 1 aromatic heterocycles. The Morgan fingerprint density at radius 2 is 1.96 bits per heavy atom. The molecule has 0 aliphatic heterocycles. The summed E-state index contributed by atoms with van der Waals surface area (Å²) in [4.78, 5) is 4.24. The summed E-state index contributed by atoms with van der Waals surface area (Å²) < 4.78 is 32.2. The molecule has 0 radical (unpaired) electrons. The Kier molecular flexibility index (Phi) is 3.11. The van der Waals surface area contributed by atoms with E-state index in [0.717, 1.165) is 24.5 Å². The number of nitrogens with zero attached hydrogens (tertiary/aromatic N) is 2. The monoisotopic (exact) mass is 314 g/mol. The van der Waals surface area contributed by atoms with E-state index < -0.39 is 17.4 Å². The molecule has 0 bridgehead atoms. The fourth-order valence-corrected chi connectivity index (χ4v) is 3.02. The highest BCUT2D eigenvalue weighted by atomic mass is 19.1. The van der Waals surface area contributed by atoms with E-state index in [4.69, 9.17) is 4.52 Å². The number of aromatic hydroxyl groups is 1. The molecule has 2 aromatic carbocycles. The fraction of sp³-hybridized carbons (Fsp3) is 0.176. The zero-order valence-corrected chi connectivity index (χ0v) is 12.0. The molecule has 3 aromatic rings. The third-order valence-corrected chi connectivity index (χ3v) is 4.18. The van der Waals surface area contributed by atoms with Crippen LogP contribution in [-0.4, -0.2) is 15.2 Å². The van der Waals surface area contributed by atoms with Gasteiger partial charge in [0.1, 0.15) is 0 Å². The van der Waals surface area contributed by atoms with Gasteiger partial charge in [-0.1, -0.05) is 29.4 Å². The Balaban J connectivity index is 1.73. The third kappa shape index (κ3) is 2.18. The molecule has 1 unspecified atom stereocenters. The predicted molar refractivity (Wildman–Crippen MR) is 77.9 cm³/mol. The van der Waals surface area contributed by atoms with E-state index in [1.807, 2.05) is 18.2 Å². The minimum Gasteiger partial charge on any atom is -0.503 e. The second-order valence-electron chi connectivity index (χ2n) is 5.51. The largest absolute Gasteiger partial charge is 0.503 e. The Morgan fingerprint density at radius 1 is 1.13 bits per heavy atom. The molecular weight excluding hydrogens is 302 g/mol. The number of rotatable bonds is 2. The van der Waals surface area contributed by atoms with E-state index in [2.05, 4.69) is 16.2 Å². The maximum Gasteiger partial charge on any atom is 0.261 e. The molecule has 0 saturated carbocycles. The molecule has 4 rings (SSSR count). The van der Waals surface area contributed by atoms with Crippen molar-refractivity contribution in [2.24, 2.45) is 0 Å². The molecule has 0 amide bonds. The van der Waals surface area contributed by atoms with Gasteiger partial charge in [-0.2, -0.15) is 4.98 Å². The number of benzene rings is 2. The minimum absolute atomic E-state index is 0.000747. The molecule has 1 atom stereocenters. The summed E-state index contributed by atoms with van der Waals surface area (Å²) in [6, 6.07) is 10.2. The molecule has 6 heteroatoms. The van der Waals surface area contributed by atoms with Crippen molar-refractivity contribution >= 4 is 0 Å². The van der Waals surface area contributed by atoms with Crippen LogP contribution in [0, 0.1) is 11.6 Å². The summed E-state index contributed by atoms with van der Waals surface area (Å²) >= 11 is 0. The number of aromatic nitrogens is 2. The van der Waals surface area contributed by atoms with E-state index in [9.17, 15) is 13.9 Å². The van der Waals surface area contributed by atoms with E-state index in [1.54, 1.807) is 0 Å². The molecular formula is C17H12F2N2O2. The van der Waals surface area contributed by atoms with Crippen LogP contribution >= 0.6 is 0 Å². The fourth-order valence-electron chi connectivity index (χ4n) is 3.02. The van der Waals surface area contributed by atoms with Crippen LogP contribution in [0.1, 0.15) is 29.3 Å². The topological polar surface area (TPSA) is 59.2 Å². The van der Waals surface area contributed by atoms with Gasteiger partial charge in [0.05, 0.1) is 5.56 Å². The van der Waals surface area contributed by atoms with Gasteiger partial charge in [-0.25, -0.2) is 8.78 Å². The number of phenolic OH excluding ortho intramolecular Hbond substituents is 1. The quantitative estimate of drug-likeness (QED) is 0.781. The van der Waals surface area contributed by atoms with Crippen LogP contribution in [0.4, 0.5) is 8.78 Å². The van der Waals surface area contributed by atoms with Crippen molar-refractivity contribution < 1.29 is 18.4 Å². The number of halogens is 2. The van der Waals surface area contributed by atoms with Crippen LogP contribution in [0.5, 0.6) is 5.75 Å². The average Bonchev–Trinajstić information content (AvgIpc) is 3.19. The number of fused-ring (bicyclic) bond motifs is 1. The highest BCUT2D eigenvalue weighted by molar-refractivity contribution is 5.57. The van der Waals surface area contributed by atoms with Gasteiger partial charge < -0.3 is 9.63 Å². The van der Waals surface area contributed by atoms with Crippen LogP contribution in [0.15, 0.2) is 40.9 Å². The van der Waals surface area contributed by atoms with Crippen molar-refractivity contribution in [1.82, 2.24) is 10.1 Å². The maximum atomic E-state index is 14.0. The zero-order chi connectivity index (χ0) is 16.0. The van der Waals surface area contributed by atoms with Gasteiger partial charge in [-0.3, -0.25) is 0 Å². The maximum absolute atomic E-state index is 14.0. The SMILES string of the molecule is Oc1c(F)ccc(-c2nc(C3CCc4ccccc43)no2)c1F. The first kappa shape index (κ1) is 13.9. The third-order valence-electron chi connectivity index (χ3n) is 4.18. The van der Waals surface area contributed by atoms with Crippen molar-refractivity contribution in [3.8, 4) is 17.2 Å². The number of phenols is 1. The van der Waals surface area contributed by atoms with Crippen molar-refractivity contribution in [3.05, 3.63) is 65.0 Å². The lowest BCUT2D eigenvalue weighted by atomic mass is 10.0. The average molecular weight is 314 g/mol. The number of hydrogen-bond acceptors (Lipinski definition) is 4. The van der Waals surface area contributed by atoms with Gasteiger partial charge in [0.2, 0.25) is 0 Å². The van der Waals surface area contributed by atoms with Gasteiger partial charge in [0, 0.05) is 5.92 Å². The lowest BCUT2D eigenvalue weighted by molar-refractivity contribution is 0.391. The highest BCUT2D eigenvalue weighted by Gasteiger charge is 2.28. The summed E-state index contributed by atoms with van der Waals surface area (Å²) in [7, 11) is 0. The number of aryl methyl sites for hydroxylation is 1. The van der Waals surface area contributed by atoms with E-state index in [-0.39, 0.29) is 17.4 Å². The van der Waals surface area contributed by atoms with E-state index in [1.165, 1.54) is 11.6 Å². The zero-order valence-electron chi connectivity index (χ0n) is 12.0. The van der Waals surface area contributed by atoms with Crippen LogP contribution < -0.4 is 0 Å². The lowest BCUT2D eigenvalue weighted by Crippen LogP contribution is -1.98. The molecule has 23 heavy (non-hydrogen) atoms. The molecule has 0 spiro atoms. The first-order chi connectivity index (χ1) is 11.1.